The molecule has 0 radical (unpaired) electrons. The Morgan fingerprint density at radius 2 is 1.65 bits per heavy atom. The summed E-state index contributed by atoms with van der Waals surface area (Å²) >= 11 is 0. The normalized spacial score (nSPS) is 11.6. The SMILES string of the molecule is COc1ccc(CC(=O)Nc2ccc(S(=O)(=O)N(C)C(C)C)cc2)cc1. The number of carbonyl (C=O) groups is 1. The number of hydrogen-bond acceptors (Lipinski definition) is 4. The molecule has 0 unspecified atom stereocenters. The van der Waals surface area contributed by atoms with Gasteiger partial charge in [0.05, 0.1) is 18.4 Å². The van der Waals surface area contributed by atoms with Gasteiger partial charge in [-0.1, -0.05) is 12.1 Å². The predicted molar refractivity (Wildman–Crippen MR) is 102 cm³/mol. The Morgan fingerprint density at radius 3 is 2.15 bits per heavy atom. The van der Waals surface area contributed by atoms with Crippen LogP contribution in [0.3, 0.4) is 0 Å². The summed E-state index contributed by atoms with van der Waals surface area (Å²) in [6.07, 6.45) is 0.222. The van der Waals surface area contributed by atoms with Gasteiger partial charge in [0.1, 0.15) is 5.75 Å². The van der Waals surface area contributed by atoms with E-state index in [1.54, 1.807) is 38.4 Å². The van der Waals surface area contributed by atoms with Crippen LogP contribution in [0.15, 0.2) is 53.4 Å². The number of methoxy groups -OCH3 is 1. The molecule has 140 valence electrons. The summed E-state index contributed by atoms with van der Waals surface area (Å²) in [7, 11) is -0.396. The summed E-state index contributed by atoms with van der Waals surface area (Å²) in [4.78, 5) is 12.3. The zero-order valence-corrected chi connectivity index (χ0v) is 16.2. The maximum atomic E-state index is 12.4. The smallest absolute Gasteiger partial charge is 0.243 e. The van der Waals surface area contributed by atoms with Crippen LogP contribution in [0.1, 0.15) is 19.4 Å². The number of rotatable bonds is 7. The molecule has 1 N–H and O–H groups in total. The van der Waals surface area contributed by atoms with Crippen LogP contribution in [-0.4, -0.2) is 38.8 Å². The first-order valence-electron chi connectivity index (χ1n) is 8.25. The third-order valence-corrected chi connectivity index (χ3v) is 6.11. The second-order valence-electron chi connectivity index (χ2n) is 6.21. The van der Waals surface area contributed by atoms with Gasteiger partial charge in [-0.25, -0.2) is 8.42 Å². The van der Waals surface area contributed by atoms with Crippen molar-refractivity contribution < 1.29 is 17.9 Å². The van der Waals surface area contributed by atoms with Gasteiger partial charge < -0.3 is 10.1 Å². The Hall–Kier alpha value is -2.38. The summed E-state index contributed by atoms with van der Waals surface area (Å²) < 4.78 is 31.3. The number of nitrogens with one attached hydrogen (secondary N) is 1. The monoisotopic (exact) mass is 376 g/mol. The first-order chi connectivity index (χ1) is 12.2. The lowest BCUT2D eigenvalue weighted by Gasteiger charge is -2.21. The van der Waals surface area contributed by atoms with Gasteiger partial charge in [0, 0.05) is 18.8 Å². The van der Waals surface area contributed by atoms with Crippen LogP contribution in [0.25, 0.3) is 0 Å². The molecule has 0 aliphatic heterocycles. The van der Waals surface area contributed by atoms with E-state index in [9.17, 15) is 13.2 Å². The Bertz CT molecular complexity index is 844. The molecule has 0 bridgehead atoms. The molecule has 0 atom stereocenters. The third kappa shape index (κ3) is 4.83. The Balaban J connectivity index is 2.03. The van der Waals surface area contributed by atoms with Crippen molar-refractivity contribution in [2.24, 2.45) is 0 Å². The van der Waals surface area contributed by atoms with E-state index in [0.29, 0.717) is 5.69 Å². The summed E-state index contributed by atoms with van der Waals surface area (Å²) in [5.74, 6) is 0.558. The van der Waals surface area contributed by atoms with Gasteiger partial charge in [0.25, 0.3) is 0 Å². The Morgan fingerprint density at radius 1 is 1.08 bits per heavy atom. The maximum absolute atomic E-state index is 12.4. The predicted octanol–water partition coefficient (Wildman–Crippen LogP) is 2.91. The molecule has 0 aliphatic rings. The largest absolute Gasteiger partial charge is 0.497 e. The molecular formula is C19H24N2O4S. The molecule has 6 nitrogen and oxygen atoms in total. The molecule has 1 amide bonds. The van der Waals surface area contributed by atoms with E-state index in [-0.39, 0.29) is 23.3 Å². The minimum absolute atomic E-state index is 0.135. The summed E-state index contributed by atoms with van der Waals surface area (Å²) in [5.41, 5.74) is 1.41. The van der Waals surface area contributed by atoms with Crippen molar-refractivity contribution in [3.05, 3.63) is 54.1 Å². The molecule has 0 heterocycles. The average Bonchev–Trinajstić information content (AvgIpc) is 2.62. The van der Waals surface area contributed by atoms with Crippen LogP contribution in [0, 0.1) is 0 Å². The highest BCUT2D eigenvalue weighted by atomic mass is 32.2. The van der Waals surface area contributed by atoms with Crippen molar-refractivity contribution in [2.45, 2.75) is 31.2 Å². The highest BCUT2D eigenvalue weighted by Gasteiger charge is 2.22. The second-order valence-corrected chi connectivity index (χ2v) is 8.21. The molecule has 7 heteroatoms. The van der Waals surface area contributed by atoms with Gasteiger partial charge in [0.2, 0.25) is 15.9 Å². The van der Waals surface area contributed by atoms with Gasteiger partial charge in [-0.3, -0.25) is 4.79 Å². The topological polar surface area (TPSA) is 75.7 Å². The highest BCUT2D eigenvalue weighted by molar-refractivity contribution is 7.89. The summed E-state index contributed by atoms with van der Waals surface area (Å²) in [6, 6.07) is 13.3. The molecule has 0 saturated heterocycles. The fraction of sp³-hybridized carbons (Fsp3) is 0.316. The average molecular weight is 376 g/mol. The standard InChI is InChI=1S/C19H24N2O4S/c1-14(2)21(3)26(23,24)18-11-7-16(8-12-18)20-19(22)13-15-5-9-17(25-4)10-6-15/h5-12,14H,13H2,1-4H3,(H,20,22). The summed E-state index contributed by atoms with van der Waals surface area (Å²) in [6.45, 7) is 3.62. The van der Waals surface area contributed by atoms with Crippen LogP contribution >= 0.6 is 0 Å². The molecule has 26 heavy (non-hydrogen) atoms. The molecule has 0 aliphatic carbocycles. The molecule has 0 fully saturated rings. The molecule has 2 rings (SSSR count). The van der Waals surface area contributed by atoms with Crippen molar-refractivity contribution >= 4 is 21.6 Å². The van der Waals surface area contributed by atoms with Gasteiger partial charge in [-0.05, 0) is 55.8 Å². The van der Waals surface area contributed by atoms with Gasteiger partial charge >= 0.3 is 0 Å². The molecule has 0 aromatic heterocycles. The van der Waals surface area contributed by atoms with Crippen molar-refractivity contribution in [2.75, 3.05) is 19.5 Å². The van der Waals surface area contributed by atoms with Crippen LogP contribution < -0.4 is 10.1 Å². The number of ether oxygens (including phenoxy) is 1. The minimum atomic E-state index is -3.53. The van der Waals surface area contributed by atoms with E-state index >= 15 is 0 Å². The van der Waals surface area contributed by atoms with E-state index in [4.69, 9.17) is 4.74 Å². The summed E-state index contributed by atoms with van der Waals surface area (Å²) in [5, 5.41) is 2.77. The number of carbonyl (C=O) groups excluding carboxylic acids is 1. The first-order valence-corrected chi connectivity index (χ1v) is 9.69. The fourth-order valence-corrected chi connectivity index (χ4v) is 3.66. The number of benzene rings is 2. The van der Waals surface area contributed by atoms with Crippen molar-refractivity contribution in [3.63, 3.8) is 0 Å². The third-order valence-electron chi connectivity index (χ3n) is 4.07. The lowest BCUT2D eigenvalue weighted by atomic mass is 10.1. The fourth-order valence-electron chi connectivity index (χ4n) is 2.29. The van der Waals surface area contributed by atoms with Gasteiger partial charge in [-0.2, -0.15) is 4.31 Å². The van der Waals surface area contributed by atoms with Crippen molar-refractivity contribution in [3.8, 4) is 5.75 Å². The number of amides is 1. The quantitative estimate of drug-likeness (QED) is 0.806. The number of hydrogen-bond donors (Lipinski definition) is 1. The van der Waals surface area contributed by atoms with Gasteiger partial charge in [0.15, 0.2) is 0 Å². The zero-order valence-electron chi connectivity index (χ0n) is 15.4. The molecule has 2 aromatic carbocycles. The van der Waals surface area contributed by atoms with Crippen LogP contribution in [0.5, 0.6) is 5.75 Å². The molecular weight excluding hydrogens is 352 g/mol. The van der Waals surface area contributed by atoms with E-state index in [1.807, 2.05) is 26.0 Å². The van der Waals surface area contributed by atoms with E-state index in [0.717, 1.165) is 11.3 Å². The minimum Gasteiger partial charge on any atom is -0.497 e. The number of anilines is 1. The first kappa shape index (κ1) is 19.9. The molecule has 0 spiro atoms. The van der Waals surface area contributed by atoms with E-state index in [1.165, 1.54) is 16.4 Å². The van der Waals surface area contributed by atoms with E-state index in [2.05, 4.69) is 5.32 Å². The van der Waals surface area contributed by atoms with Crippen LogP contribution in [-0.2, 0) is 21.2 Å². The second kappa shape index (κ2) is 8.33. The maximum Gasteiger partial charge on any atom is 0.243 e. The Labute approximate surface area is 154 Å². The number of sulfonamides is 1. The van der Waals surface area contributed by atoms with Gasteiger partial charge in [-0.15, -0.1) is 0 Å². The number of nitrogens with zero attached hydrogens (tertiary/aromatic N) is 1. The van der Waals surface area contributed by atoms with Crippen molar-refractivity contribution in [1.82, 2.24) is 4.31 Å². The highest BCUT2D eigenvalue weighted by Crippen LogP contribution is 2.19. The zero-order chi connectivity index (χ0) is 19.3. The molecule has 2 aromatic rings. The van der Waals surface area contributed by atoms with Crippen LogP contribution in [0.2, 0.25) is 0 Å². The van der Waals surface area contributed by atoms with E-state index < -0.39 is 10.0 Å². The van der Waals surface area contributed by atoms with Crippen LogP contribution in [0.4, 0.5) is 5.69 Å². The van der Waals surface area contributed by atoms with Crippen molar-refractivity contribution in [1.29, 1.82) is 0 Å². The lowest BCUT2D eigenvalue weighted by molar-refractivity contribution is -0.115. The molecule has 0 saturated carbocycles. The lowest BCUT2D eigenvalue weighted by Crippen LogP contribution is -2.33. The Kier molecular flexibility index (Phi) is 6.39.